The molecule has 0 aliphatic carbocycles. The molecule has 2 heterocycles. The molecule has 0 radical (unpaired) electrons. The van der Waals surface area contributed by atoms with Crippen LogP contribution in [-0.4, -0.2) is 31.9 Å². The zero-order chi connectivity index (χ0) is 23.1. The Balaban J connectivity index is 1.85. The molecule has 2 aromatic heterocycles. The molecule has 0 saturated heterocycles. The Morgan fingerprint density at radius 3 is 2.52 bits per heavy atom. The van der Waals surface area contributed by atoms with E-state index in [1.54, 1.807) is 30.5 Å². The maximum atomic E-state index is 13.7. The van der Waals surface area contributed by atoms with Crippen molar-refractivity contribution in [3.63, 3.8) is 0 Å². The maximum Gasteiger partial charge on any atom is 0.335 e. The van der Waals surface area contributed by atoms with Gasteiger partial charge < -0.3 is 14.4 Å². The van der Waals surface area contributed by atoms with Crippen molar-refractivity contribution in [2.24, 2.45) is 0 Å². The van der Waals surface area contributed by atoms with Crippen LogP contribution in [0.25, 0.3) is 38.6 Å². The minimum Gasteiger partial charge on any atom is -0.478 e. The molecule has 0 bridgehead atoms. The summed E-state index contributed by atoms with van der Waals surface area (Å²) in [5.41, 5.74) is 5.54. The third-order valence-electron chi connectivity index (χ3n) is 5.68. The summed E-state index contributed by atoms with van der Waals surface area (Å²) in [5, 5.41) is 18.4. The number of nitrogens with zero attached hydrogens (tertiary/aromatic N) is 2. The first kappa shape index (κ1) is 20.9. The Hall–Kier alpha value is -3.97. The smallest absolute Gasteiger partial charge is 0.335 e. The summed E-state index contributed by atoms with van der Waals surface area (Å²) in [6, 6.07) is 17.3. The molecule has 0 aliphatic rings. The number of benzene rings is 3. The Kier molecular flexibility index (Phi) is 5.18. The number of aromatic carboxylic acids is 1. The quantitative estimate of drug-likeness (QED) is 0.341. The molecule has 0 saturated carbocycles. The second kappa shape index (κ2) is 8.18. The number of nitrogens with one attached hydrogen (secondary N) is 1. The van der Waals surface area contributed by atoms with E-state index in [-0.39, 0.29) is 17.5 Å². The van der Waals surface area contributed by atoms with Crippen LogP contribution in [0.4, 0.5) is 4.39 Å². The van der Waals surface area contributed by atoms with Crippen molar-refractivity contribution in [1.29, 1.82) is 0 Å². The van der Waals surface area contributed by atoms with E-state index in [1.165, 1.54) is 12.1 Å². The van der Waals surface area contributed by atoms with Crippen LogP contribution in [0.5, 0.6) is 0 Å². The SMILES string of the molecule is CC(C)OCc1c(-c2ccc(C(=O)O)cc2)c2cc3[nH]ncc3cc2n1-c1ccc(F)cc1. The summed E-state index contributed by atoms with van der Waals surface area (Å²) in [7, 11) is 0. The standard InChI is InChI=1S/C26H22FN3O3/c1-15(2)33-14-24-25(16-3-5-17(6-4-16)26(31)32)21-12-22-18(13-28-29-22)11-23(21)30(24)20-9-7-19(27)8-10-20/h3-13,15H,14H2,1-2H3,(H,28,29)(H,31,32). The molecular weight excluding hydrogens is 421 g/mol. The number of carboxylic acid groups (broad SMARTS) is 1. The lowest BCUT2D eigenvalue weighted by Gasteiger charge is -2.15. The van der Waals surface area contributed by atoms with Crippen molar-refractivity contribution in [2.75, 3.05) is 0 Å². The van der Waals surface area contributed by atoms with E-state index in [4.69, 9.17) is 4.74 Å². The lowest BCUT2D eigenvalue weighted by Crippen LogP contribution is -2.08. The average Bonchev–Trinajstić information content (AvgIpc) is 3.38. The largest absolute Gasteiger partial charge is 0.478 e. The van der Waals surface area contributed by atoms with E-state index in [0.717, 1.165) is 44.3 Å². The number of carbonyl (C=O) groups is 1. The minimum absolute atomic E-state index is 0.00530. The van der Waals surface area contributed by atoms with Crippen LogP contribution in [0, 0.1) is 5.82 Å². The topological polar surface area (TPSA) is 80.1 Å². The average molecular weight is 443 g/mol. The van der Waals surface area contributed by atoms with Gasteiger partial charge in [0.15, 0.2) is 0 Å². The van der Waals surface area contributed by atoms with Crippen molar-refractivity contribution in [1.82, 2.24) is 14.8 Å². The van der Waals surface area contributed by atoms with Crippen LogP contribution in [0.1, 0.15) is 29.9 Å². The number of aromatic amines is 1. The number of hydrogen-bond donors (Lipinski definition) is 2. The molecule has 5 aromatic rings. The third kappa shape index (κ3) is 3.76. The highest BCUT2D eigenvalue weighted by molar-refractivity contribution is 6.05. The van der Waals surface area contributed by atoms with Gasteiger partial charge >= 0.3 is 5.97 Å². The van der Waals surface area contributed by atoms with Gasteiger partial charge in [-0.15, -0.1) is 0 Å². The second-order valence-corrected chi connectivity index (χ2v) is 8.20. The Morgan fingerprint density at radius 1 is 1.12 bits per heavy atom. The molecule has 0 atom stereocenters. The Bertz CT molecular complexity index is 1470. The van der Waals surface area contributed by atoms with Crippen LogP contribution in [0.15, 0.2) is 66.9 Å². The molecule has 0 unspecified atom stereocenters. The summed E-state index contributed by atoms with van der Waals surface area (Å²) in [6.45, 7) is 4.27. The van der Waals surface area contributed by atoms with Crippen LogP contribution in [0.3, 0.4) is 0 Å². The van der Waals surface area contributed by atoms with Gasteiger partial charge in [-0.3, -0.25) is 5.10 Å². The monoisotopic (exact) mass is 443 g/mol. The summed E-state index contributed by atoms with van der Waals surface area (Å²) in [6.07, 6.45) is 1.77. The molecule has 33 heavy (non-hydrogen) atoms. The van der Waals surface area contributed by atoms with Gasteiger partial charge in [0, 0.05) is 22.0 Å². The van der Waals surface area contributed by atoms with Gasteiger partial charge in [-0.05, 0) is 67.9 Å². The van der Waals surface area contributed by atoms with Crippen molar-refractivity contribution in [3.8, 4) is 16.8 Å². The number of halogens is 1. The number of ether oxygens (including phenoxy) is 1. The molecule has 3 aromatic carbocycles. The second-order valence-electron chi connectivity index (χ2n) is 8.20. The van der Waals surface area contributed by atoms with Gasteiger partial charge in [0.1, 0.15) is 5.82 Å². The Morgan fingerprint density at radius 2 is 1.85 bits per heavy atom. The first-order valence-electron chi connectivity index (χ1n) is 10.6. The number of hydrogen-bond acceptors (Lipinski definition) is 3. The molecule has 0 aliphatic heterocycles. The van der Waals surface area contributed by atoms with Gasteiger partial charge in [-0.1, -0.05) is 12.1 Å². The summed E-state index contributed by atoms with van der Waals surface area (Å²) < 4.78 is 21.8. The molecule has 5 rings (SSSR count). The van der Waals surface area contributed by atoms with E-state index in [2.05, 4.69) is 14.8 Å². The van der Waals surface area contributed by atoms with Gasteiger partial charge in [0.2, 0.25) is 0 Å². The fourth-order valence-electron chi connectivity index (χ4n) is 4.15. The first-order chi connectivity index (χ1) is 15.9. The number of H-pyrrole nitrogens is 1. The van der Waals surface area contributed by atoms with Crippen molar-refractivity contribution >= 4 is 27.8 Å². The minimum atomic E-state index is -0.974. The number of rotatable bonds is 6. The third-order valence-corrected chi connectivity index (χ3v) is 5.68. The summed E-state index contributed by atoms with van der Waals surface area (Å²) in [5.74, 6) is -1.28. The normalized spacial score (nSPS) is 11.6. The van der Waals surface area contributed by atoms with Crippen LogP contribution >= 0.6 is 0 Å². The van der Waals surface area contributed by atoms with Crippen molar-refractivity contribution in [3.05, 3.63) is 83.9 Å². The number of carboxylic acids is 1. The molecular formula is C26H22FN3O3. The van der Waals surface area contributed by atoms with Crippen molar-refractivity contribution in [2.45, 2.75) is 26.6 Å². The van der Waals surface area contributed by atoms with Crippen molar-refractivity contribution < 1.29 is 19.0 Å². The highest BCUT2D eigenvalue weighted by Crippen LogP contribution is 2.39. The van der Waals surface area contributed by atoms with Gasteiger partial charge in [-0.25, -0.2) is 9.18 Å². The highest BCUT2D eigenvalue weighted by Gasteiger charge is 2.22. The van der Waals surface area contributed by atoms with Gasteiger partial charge in [-0.2, -0.15) is 5.10 Å². The zero-order valence-electron chi connectivity index (χ0n) is 18.2. The van der Waals surface area contributed by atoms with Crippen LogP contribution < -0.4 is 0 Å². The van der Waals surface area contributed by atoms with E-state index < -0.39 is 5.97 Å². The number of aromatic nitrogens is 3. The van der Waals surface area contributed by atoms with E-state index in [9.17, 15) is 14.3 Å². The van der Waals surface area contributed by atoms with Gasteiger partial charge in [0.05, 0.1) is 41.2 Å². The summed E-state index contributed by atoms with van der Waals surface area (Å²) >= 11 is 0. The van der Waals surface area contributed by atoms with E-state index in [0.29, 0.717) is 6.61 Å². The van der Waals surface area contributed by atoms with Crippen LogP contribution in [0.2, 0.25) is 0 Å². The fourth-order valence-corrected chi connectivity index (χ4v) is 4.15. The number of fused-ring (bicyclic) bond motifs is 2. The lowest BCUT2D eigenvalue weighted by atomic mass is 10.00. The zero-order valence-corrected chi connectivity index (χ0v) is 18.2. The predicted molar refractivity (Wildman–Crippen MR) is 125 cm³/mol. The molecule has 6 nitrogen and oxygen atoms in total. The molecule has 0 amide bonds. The van der Waals surface area contributed by atoms with E-state index in [1.807, 2.05) is 38.1 Å². The molecule has 0 fully saturated rings. The van der Waals surface area contributed by atoms with E-state index >= 15 is 0 Å². The molecule has 0 spiro atoms. The van der Waals surface area contributed by atoms with Gasteiger partial charge in [0.25, 0.3) is 0 Å². The molecule has 7 heteroatoms. The highest BCUT2D eigenvalue weighted by atomic mass is 19.1. The predicted octanol–water partition coefficient (Wildman–Crippen LogP) is 5.94. The molecule has 166 valence electrons. The van der Waals surface area contributed by atoms with Crippen LogP contribution in [-0.2, 0) is 11.3 Å². The maximum absolute atomic E-state index is 13.7. The first-order valence-corrected chi connectivity index (χ1v) is 10.6. The fraction of sp³-hybridized carbons (Fsp3) is 0.154. The molecule has 2 N–H and O–H groups in total. The Labute approximate surface area is 189 Å². The lowest BCUT2D eigenvalue weighted by molar-refractivity contribution is 0.0632. The summed E-state index contributed by atoms with van der Waals surface area (Å²) in [4.78, 5) is 11.4.